The molecule has 3 fully saturated rings. The van der Waals surface area contributed by atoms with Crippen molar-refractivity contribution in [3.8, 4) is 0 Å². The Morgan fingerprint density at radius 2 is 1.98 bits per heavy atom. The van der Waals surface area contributed by atoms with Gasteiger partial charge in [-0.2, -0.15) is 0 Å². The number of rotatable bonds is 5. The minimum Gasteiger partial charge on any atom is -0.378 e. The largest absolute Gasteiger partial charge is 0.378 e. The predicted molar refractivity (Wildman–Crippen MR) is 147 cm³/mol. The third-order valence-electron chi connectivity index (χ3n) is 9.31. The minimum absolute atomic E-state index is 0.0497. The Balaban J connectivity index is 1.20. The lowest BCUT2D eigenvalue weighted by Crippen LogP contribution is -2.51. The van der Waals surface area contributed by atoms with Crippen LogP contribution in [0.25, 0.3) is 10.2 Å². The number of hydrogen-bond donors (Lipinski definition) is 2. The van der Waals surface area contributed by atoms with Gasteiger partial charge in [-0.05, 0) is 62.6 Å². The van der Waals surface area contributed by atoms with Gasteiger partial charge < -0.3 is 15.5 Å². The van der Waals surface area contributed by atoms with E-state index in [2.05, 4.69) is 15.3 Å². The number of Topliss-reactive ketones (excluding diaryl/α,β-unsaturated/α-hetero) is 1. The molecule has 2 aliphatic carbocycles. The average Bonchev–Trinajstić information content (AvgIpc) is 3.62. The van der Waals surface area contributed by atoms with Crippen molar-refractivity contribution in [2.24, 2.45) is 11.8 Å². The molecular formula is C29H29F2N5O4S. The molecule has 214 valence electrons. The fourth-order valence-corrected chi connectivity index (χ4v) is 8.17. The standard InChI is InChI=1S/C29H29F2N5O4S/c1-14-8-15(27(39)36-23(14)25(38)35-29(36)6-4-28(30,31)5-7-29)10-20(32)22-19-11-21(41-26(19)34-13-33-22)24(37)18-3-2-17-9-16(18)12-40-17/h8,11,13,16-18,32H,2-7,9-10,12H2,1H3,(H,35,38)/t16-,17+,18?/m1/s1. The van der Waals surface area contributed by atoms with Crippen LogP contribution in [0, 0.1) is 24.2 Å². The molecule has 0 aromatic carbocycles. The van der Waals surface area contributed by atoms with Crippen LogP contribution in [0.2, 0.25) is 0 Å². The summed E-state index contributed by atoms with van der Waals surface area (Å²) < 4.78 is 35.1. The summed E-state index contributed by atoms with van der Waals surface area (Å²) in [5.74, 6) is -3.06. The highest BCUT2D eigenvalue weighted by atomic mass is 32.1. The second-order valence-electron chi connectivity index (χ2n) is 11.9. The van der Waals surface area contributed by atoms with E-state index in [9.17, 15) is 23.2 Å². The third-order valence-corrected chi connectivity index (χ3v) is 10.4. The molecule has 3 aromatic heterocycles. The molecule has 1 saturated heterocycles. The normalized spacial score (nSPS) is 25.8. The van der Waals surface area contributed by atoms with Crippen molar-refractivity contribution in [3.05, 3.63) is 56.2 Å². The number of hydrogen-bond acceptors (Lipinski definition) is 8. The van der Waals surface area contributed by atoms with Gasteiger partial charge in [0, 0.05) is 36.1 Å². The molecule has 0 radical (unpaired) electrons. The number of ketones is 1. The first-order valence-electron chi connectivity index (χ1n) is 14.0. The van der Waals surface area contributed by atoms with Crippen molar-refractivity contribution in [3.63, 3.8) is 0 Å². The van der Waals surface area contributed by atoms with Crippen LogP contribution in [0.1, 0.15) is 81.9 Å². The number of pyridine rings is 1. The van der Waals surface area contributed by atoms with E-state index in [4.69, 9.17) is 10.1 Å². The van der Waals surface area contributed by atoms with Crippen LogP contribution in [-0.4, -0.2) is 50.6 Å². The molecule has 9 nitrogen and oxygen atoms in total. The van der Waals surface area contributed by atoms with E-state index >= 15 is 0 Å². The Morgan fingerprint density at radius 3 is 2.76 bits per heavy atom. The molecule has 4 aliphatic rings. The van der Waals surface area contributed by atoms with Crippen LogP contribution in [0.4, 0.5) is 8.78 Å². The van der Waals surface area contributed by atoms with Gasteiger partial charge in [-0.3, -0.25) is 19.0 Å². The molecule has 1 unspecified atom stereocenters. The second kappa shape index (κ2) is 9.32. The van der Waals surface area contributed by atoms with E-state index in [1.807, 2.05) is 0 Å². The zero-order chi connectivity index (χ0) is 28.7. The van der Waals surface area contributed by atoms with Crippen LogP contribution in [0.5, 0.6) is 0 Å². The Morgan fingerprint density at radius 1 is 1.20 bits per heavy atom. The lowest BCUT2D eigenvalue weighted by atomic mass is 9.77. The second-order valence-corrected chi connectivity index (χ2v) is 12.9. The van der Waals surface area contributed by atoms with Crippen molar-refractivity contribution in [1.29, 1.82) is 5.41 Å². The van der Waals surface area contributed by atoms with Crippen molar-refractivity contribution in [2.45, 2.75) is 76.0 Å². The quantitative estimate of drug-likeness (QED) is 0.340. The number of halogens is 2. The molecule has 2 aliphatic heterocycles. The number of nitrogens with zero attached hydrogens (tertiary/aromatic N) is 3. The number of alkyl halides is 2. The lowest BCUT2D eigenvalue weighted by Gasteiger charge is -2.38. The maximum absolute atomic E-state index is 14.0. The van der Waals surface area contributed by atoms with Gasteiger partial charge in [0.05, 0.1) is 29.0 Å². The summed E-state index contributed by atoms with van der Waals surface area (Å²) in [4.78, 5) is 49.9. The summed E-state index contributed by atoms with van der Waals surface area (Å²) in [6.07, 6.45) is 3.19. The van der Waals surface area contributed by atoms with Crippen LogP contribution >= 0.6 is 11.3 Å². The Bertz CT molecular complexity index is 1690. The van der Waals surface area contributed by atoms with E-state index in [0.29, 0.717) is 33.0 Å². The first kappa shape index (κ1) is 26.5. The smallest absolute Gasteiger partial charge is 0.270 e. The molecule has 5 heterocycles. The molecule has 41 heavy (non-hydrogen) atoms. The van der Waals surface area contributed by atoms with Gasteiger partial charge in [0.2, 0.25) is 5.92 Å². The van der Waals surface area contributed by atoms with Gasteiger partial charge in [0.25, 0.3) is 11.5 Å². The summed E-state index contributed by atoms with van der Waals surface area (Å²) in [6, 6.07) is 3.36. The van der Waals surface area contributed by atoms with Crippen LogP contribution in [0.15, 0.2) is 23.3 Å². The topological polar surface area (TPSA) is 127 Å². The number of carbonyl (C=O) groups is 2. The number of aromatic nitrogens is 3. The van der Waals surface area contributed by atoms with E-state index in [-0.39, 0.29) is 60.0 Å². The maximum Gasteiger partial charge on any atom is 0.270 e. The Hall–Kier alpha value is -3.38. The summed E-state index contributed by atoms with van der Waals surface area (Å²) in [5.41, 5.74) is -0.258. The molecule has 1 amide bonds. The summed E-state index contributed by atoms with van der Waals surface area (Å²) in [6.45, 7) is 2.32. The number of ether oxygens (including phenoxy) is 1. The molecule has 7 rings (SSSR count). The van der Waals surface area contributed by atoms with E-state index in [1.54, 1.807) is 19.1 Å². The first-order valence-corrected chi connectivity index (χ1v) is 14.8. The molecule has 2 N–H and O–H groups in total. The lowest BCUT2D eigenvalue weighted by molar-refractivity contribution is -0.0668. The zero-order valence-corrected chi connectivity index (χ0v) is 23.3. The minimum atomic E-state index is -2.83. The zero-order valence-electron chi connectivity index (χ0n) is 22.5. The third kappa shape index (κ3) is 4.25. The average molecular weight is 582 g/mol. The molecule has 12 heteroatoms. The van der Waals surface area contributed by atoms with Crippen molar-refractivity contribution in [2.75, 3.05) is 6.61 Å². The predicted octanol–water partition coefficient (Wildman–Crippen LogP) is 4.38. The van der Waals surface area contributed by atoms with Crippen LogP contribution in [0.3, 0.4) is 0 Å². The van der Waals surface area contributed by atoms with Gasteiger partial charge in [0.1, 0.15) is 22.5 Å². The number of fused-ring (bicyclic) bond motifs is 5. The molecule has 2 saturated carbocycles. The van der Waals surface area contributed by atoms with Crippen LogP contribution in [-0.2, 0) is 16.8 Å². The van der Waals surface area contributed by atoms with Gasteiger partial charge in [-0.25, -0.2) is 18.7 Å². The summed E-state index contributed by atoms with van der Waals surface area (Å²) in [5, 5.41) is 12.3. The maximum atomic E-state index is 14.0. The molecule has 1 spiro atoms. The van der Waals surface area contributed by atoms with E-state index in [1.165, 1.54) is 22.2 Å². The molecule has 3 atom stereocenters. The monoisotopic (exact) mass is 581 g/mol. The molecular weight excluding hydrogens is 552 g/mol. The van der Waals surface area contributed by atoms with Gasteiger partial charge >= 0.3 is 0 Å². The van der Waals surface area contributed by atoms with Crippen LogP contribution < -0.4 is 10.9 Å². The molecule has 2 bridgehead atoms. The Kier molecular flexibility index (Phi) is 6.02. The summed E-state index contributed by atoms with van der Waals surface area (Å²) >= 11 is 1.29. The highest BCUT2D eigenvalue weighted by Crippen LogP contribution is 2.44. The number of thiophene rings is 1. The highest BCUT2D eigenvalue weighted by Gasteiger charge is 2.51. The van der Waals surface area contributed by atoms with E-state index < -0.39 is 35.9 Å². The first-order chi connectivity index (χ1) is 19.6. The fourth-order valence-electron chi connectivity index (χ4n) is 7.17. The summed E-state index contributed by atoms with van der Waals surface area (Å²) in [7, 11) is 0. The van der Waals surface area contributed by atoms with Gasteiger partial charge in [-0.15, -0.1) is 11.3 Å². The van der Waals surface area contributed by atoms with Gasteiger partial charge in [0.15, 0.2) is 5.78 Å². The fraction of sp³-hybridized carbons (Fsp3) is 0.517. The SMILES string of the molecule is Cc1cc(CC(=N)c2ncnc3sc(C(=O)C4CC[C@H]5C[C@@H]4CO5)cc23)c(=O)n2c1C(=O)NC21CCC(F)(F)CC1. The Labute approximate surface area is 237 Å². The van der Waals surface area contributed by atoms with Crippen molar-refractivity contribution >= 4 is 39.0 Å². The molecule has 3 aromatic rings. The number of nitrogens with one attached hydrogen (secondary N) is 2. The number of amides is 1. The van der Waals surface area contributed by atoms with E-state index in [0.717, 1.165) is 19.3 Å². The number of carbonyl (C=O) groups excluding carboxylic acids is 2. The van der Waals surface area contributed by atoms with Crippen molar-refractivity contribution in [1.82, 2.24) is 19.9 Å². The van der Waals surface area contributed by atoms with Gasteiger partial charge in [-0.1, -0.05) is 0 Å². The highest BCUT2D eigenvalue weighted by molar-refractivity contribution is 7.20. The van der Waals surface area contributed by atoms with Crippen molar-refractivity contribution < 1.29 is 23.1 Å². The number of aryl methyl sites for hydroxylation is 1.